The summed E-state index contributed by atoms with van der Waals surface area (Å²) in [5.41, 5.74) is 21.7. The fraction of sp³-hybridized carbons (Fsp3) is 0.345. The Kier molecular flexibility index (Phi) is 9.76. The molecular formula is C58H63BN2S. The highest BCUT2D eigenvalue weighted by molar-refractivity contribution is 7.33. The highest BCUT2D eigenvalue weighted by Crippen LogP contribution is 2.50. The molecule has 3 heterocycles. The van der Waals surface area contributed by atoms with Crippen LogP contribution in [0.3, 0.4) is 0 Å². The lowest BCUT2D eigenvalue weighted by molar-refractivity contribution is 0.506. The van der Waals surface area contributed by atoms with Crippen LogP contribution in [-0.2, 0) is 29.1 Å². The van der Waals surface area contributed by atoms with Gasteiger partial charge in [-0.1, -0.05) is 137 Å². The molecule has 0 radical (unpaired) electrons. The van der Waals surface area contributed by atoms with Crippen molar-refractivity contribution < 1.29 is 0 Å². The zero-order chi connectivity index (χ0) is 43.5. The Morgan fingerprint density at radius 1 is 0.613 bits per heavy atom. The number of thiophene rings is 1. The maximum atomic E-state index is 2.64. The summed E-state index contributed by atoms with van der Waals surface area (Å²) in [5, 5.41) is 1.35. The zero-order valence-corrected chi connectivity index (χ0v) is 39.8. The molecule has 0 spiro atoms. The average molecular weight is 831 g/mol. The minimum Gasteiger partial charge on any atom is -0.311 e. The molecule has 4 heteroatoms. The maximum Gasteiger partial charge on any atom is 0.264 e. The van der Waals surface area contributed by atoms with E-state index in [1.807, 2.05) is 11.3 Å². The van der Waals surface area contributed by atoms with Gasteiger partial charge in [0, 0.05) is 43.2 Å². The van der Waals surface area contributed by atoms with E-state index in [-0.39, 0.29) is 23.0 Å². The van der Waals surface area contributed by atoms with Crippen molar-refractivity contribution in [1.29, 1.82) is 0 Å². The van der Waals surface area contributed by atoms with Gasteiger partial charge in [-0.25, -0.2) is 0 Å². The molecule has 0 bridgehead atoms. The predicted molar refractivity (Wildman–Crippen MR) is 273 cm³/mol. The molecule has 6 aromatic carbocycles. The Morgan fingerprint density at radius 2 is 1.26 bits per heavy atom. The molecule has 7 aromatic rings. The Labute approximate surface area is 376 Å². The summed E-state index contributed by atoms with van der Waals surface area (Å²) in [6.45, 7) is 25.9. The van der Waals surface area contributed by atoms with Gasteiger partial charge in [0.25, 0.3) is 6.71 Å². The number of nitrogens with zero attached hydrogens (tertiary/aromatic N) is 2. The molecule has 0 saturated heterocycles. The van der Waals surface area contributed by atoms with Crippen molar-refractivity contribution in [2.45, 2.75) is 130 Å². The molecule has 3 aliphatic rings. The fourth-order valence-corrected chi connectivity index (χ4v) is 11.7. The molecular weight excluding hydrogens is 768 g/mol. The van der Waals surface area contributed by atoms with Gasteiger partial charge in [-0.15, -0.1) is 11.3 Å². The molecule has 1 aromatic heterocycles. The monoisotopic (exact) mass is 830 g/mol. The van der Waals surface area contributed by atoms with Gasteiger partial charge >= 0.3 is 0 Å². The third-order valence-corrected chi connectivity index (χ3v) is 15.9. The van der Waals surface area contributed by atoms with Crippen LogP contribution in [0.4, 0.5) is 34.1 Å². The van der Waals surface area contributed by atoms with Crippen LogP contribution in [0.5, 0.6) is 0 Å². The molecule has 0 saturated carbocycles. The largest absolute Gasteiger partial charge is 0.311 e. The Bertz CT molecular complexity index is 2880. The van der Waals surface area contributed by atoms with Gasteiger partial charge in [-0.3, -0.25) is 0 Å². The third kappa shape index (κ3) is 6.66. The van der Waals surface area contributed by atoms with Gasteiger partial charge in [-0.05, 0) is 159 Å². The minimum absolute atomic E-state index is 0.00892. The molecule has 0 atom stereocenters. The predicted octanol–water partition coefficient (Wildman–Crippen LogP) is 14.9. The average Bonchev–Trinajstić information content (AvgIpc) is 3.64. The molecule has 0 amide bonds. The molecule has 0 fully saturated rings. The Morgan fingerprint density at radius 3 is 1.95 bits per heavy atom. The van der Waals surface area contributed by atoms with E-state index in [1.54, 1.807) is 0 Å². The first kappa shape index (κ1) is 41.0. The van der Waals surface area contributed by atoms with E-state index < -0.39 is 0 Å². The van der Waals surface area contributed by atoms with Gasteiger partial charge < -0.3 is 9.80 Å². The second-order valence-electron chi connectivity index (χ2n) is 21.5. The smallest absolute Gasteiger partial charge is 0.264 e. The standard InChI is InChI=1S/C58H63BN2S/c1-12-58(10,11)43-25-30-49-47(35-43)59-53-50(60(44-27-22-37(23-28-44)36(2)3)54-46-34-42(57(7,8)9)26-31-52(46)62-55(54)59)18-15-19-51(53)61(49)48-29-24-41(56(4,5)6)33-45(48)40-21-20-38-16-13-14-17-39(38)32-40/h15,18-36H,12-14,16-17H2,1-11H3. The summed E-state index contributed by atoms with van der Waals surface area (Å²) >= 11 is 2.00. The van der Waals surface area contributed by atoms with E-state index in [1.165, 1.54) is 124 Å². The summed E-state index contributed by atoms with van der Waals surface area (Å²) in [6, 6.07) is 46.0. The number of benzene rings is 6. The van der Waals surface area contributed by atoms with Gasteiger partial charge in [0.15, 0.2) is 0 Å². The van der Waals surface area contributed by atoms with E-state index >= 15 is 0 Å². The Hall–Kier alpha value is -5.06. The minimum atomic E-state index is 0.00892. The first-order chi connectivity index (χ1) is 29.5. The summed E-state index contributed by atoms with van der Waals surface area (Å²) in [5.74, 6) is 0.465. The maximum absolute atomic E-state index is 2.64. The fourth-order valence-electron chi connectivity index (χ4n) is 10.4. The van der Waals surface area contributed by atoms with Crippen LogP contribution in [0.2, 0.25) is 0 Å². The summed E-state index contributed by atoms with van der Waals surface area (Å²) in [4.78, 5) is 5.26. The number of fused-ring (bicyclic) bond motifs is 7. The molecule has 1 aliphatic carbocycles. The lowest BCUT2D eigenvalue weighted by Gasteiger charge is -2.44. The van der Waals surface area contributed by atoms with Crippen molar-refractivity contribution in [3.8, 4) is 11.1 Å². The van der Waals surface area contributed by atoms with E-state index in [0.717, 1.165) is 12.8 Å². The van der Waals surface area contributed by atoms with E-state index in [4.69, 9.17) is 0 Å². The van der Waals surface area contributed by atoms with Crippen LogP contribution in [-0.4, -0.2) is 6.71 Å². The number of aryl methyl sites for hydroxylation is 2. The van der Waals surface area contributed by atoms with E-state index in [9.17, 15) is 0 Å². The molecule has 10 rings (SSSR count). The van der Waals surface area contributed by atoms with Crippen molar-refractivity contribution in [1.82, 2.24) is 0 Å². The first-order valence-electron chi connectivity index (χ1n) is 23.3. The van der Waals surface area contributed by atoms with E-state index in [2.05, 4.69) is 201 Å². The Balaban J connectivity index is 1.29. The van der Waals surface area contributed by atoms with Crippen molar-refractivity contribution >= 4 is 78.0 Å². The van der Waals surface area contributed by atoms with Crippen molar-refractivity contribution in [2.75, 3.05) is 9.80 Å². The number of rotatable bonds is 6. The lowest BCUT2D eigenvalue weighted by Crippen LogP contribution is -2.60. The van der Waals surface area contributed by atoms with Crippen LogP contribution in [0.25, 0.3) is 21.2 Å². The van der Waals surface area contributed by atoms with Crippen molar-refractivity contribution in [2.24, 2.45) is 0 Å². The summed E-state index contributed by atoms with van der Waals surface area (Å²) < 4.78 is 2.78. The number of hydrogen-bond acceptors (Lipinski definition) is 3. The molecule has 314 valence electrons. The summed E-state index contributed by atoms with van der Waals surface area (Å²) in [7, 11) is 0. The molecule has 2 nitrogen and oxygen atoms in total. The van der Waals surface area contributed by atoms with Crippen LogP contribution in [0.1, 0.15) is 135 Å². The number of anilines is 6. The van der Waals surface area contributed by atoms with Crippen LogP contribution >= 0.6 is 11.3 Å². The highest BCUT2D eigenvalue weighted by atomic mass is 32.1. The normalized spacial score (nSPS) is 14.9. The van der Waals surface area contributed by atoms with E-state index in [0.29, 0.717) is 5.92 Å². The molecule has 0 unspecified atom stereocenters. The third-order valence-electron chi connectivity index (χ3n) is 14.7. The van der Waals surface area contributed by atoms with Crippen LogP contribution in [0, 0.1) is 0 Å². The van der Waals surface area contributed by atoms with Gasteiger partial charge in [0.1, 0.15) is 0 Å². The second kappa shape index (κ2) is 14.8. The molecule has 0 N–H and O–H groups in total. The quantitative estimate of drug-likeness (QED) is 0.154. The zero-order valence-electron chi connectivity index (χ0n) is 39.0. The summed E-state index contributed by atoms with van der Waals surface area (Å²) in [6.07, 6.45) is 5.98. The second-order valence-corrected chi connectivity index (χ2v) is 22.6. The topological polar surface area (TPSA) is 6.48 Å². The van der Waals surface area contributed by atoms with Crippen molar-refractivity contribution in [3.05, 3.63) is 149 Å². The molecule has 62 heavy (non-hydrogen) atoms. The van der Waals surface area contributed by atoms with Crippen LogP contribution < -0.4 is 25.5 Å². The lowest BCUT2D eigenvalue weighted by atomic mass is 9.36. The van der Waals surface area contributed by atoms with Gasteiger partial charge in [0.05, 0.1) is 11.4 Å². The van der Waals surface area contributed by atoms with Gasteiger partial charge in [-0.2, -0.15) is 0 Å². The van der Waals surface area contributed by atoms with Gasteiger partial charge in [0.2, 0.25) is 0 Å². The highest BCUT2D eigenvalue weighted by Gasteiger charge is 2.46. The van der Waals surface area contributed by atoms with Crippen LogP contribution in [0.15, 0.2) is 115 Å². The first-order valence-corrected chi connectivity index (χ1v) is 24.2. The number of hydrogen-bond donors (Lipinski definition) is 0. The van der Waals surface area contributed by atoms with Crippen molar-refractivity contribution in [3.63, 3.8) is 0 Å². The molecule has 2 aliphatic heterocycles. The SMILES string of the molecule is CCC(C)(C)c1ccc2c(c1)B1c3sc4ccc(C(C)(C)C)cc4c3N(c3ccc(C(C)C)cc3)c3cccc(c31)N2c1ccc(C(C)(C)C)cc1-c1ccc2c(c1)CCCC2.